The number of anilines is 1. The van der Waals surface area contributed by atoms with Gasteiger partial charge in [0.05, 0.1) is 12.5 Å². The zero-order valence-electron chi connectivity index (χ0n) is 16.8. The lowest BCUT2D eigenvalue weighted by atomic mass is 10.1. The Balaban J connectivity index is 1.72. The van der Waals surface area contributed by atoms with Crippen molar-refractivity contribution in [3.05, 3.63) is 29.8 Å². The zero-order chi connectivity index (χ0) is 20.1. The van der Waals surface area contributed by atoms with Crippen LogP contribution < -0.4 is 5.32 Å². The second kappa shape index (κ2) is 9.19. The topological polar surface area (TPSA) is 73.0 Å². The molecule has 1 aromatic rings. The summed E-state index contributed by atoms with van der Waals surface area (Å²) in [6.07, 6.45) is 2.63. The number of nitrogens with zero attached hydrogens (tertiary/aromatic N) is 3. The van der Waals surface area contributed by atoms with E-state index in [1.807, 2.05) is 34.1 Å². The van der Waals surface area contributed by atoms with Gasteiger partial charge in [-0.3, -0.25) is 14.4 Å². The number of amides is 3. The van der Waals surface area contributed by atoms with E-state index in [1.165, 1.54) is 19.8 Å². The number of hydrogen-bond donors (Lipinski definition) is 1. The number of rotatable bonds is 5. The molecule has 0 aliphatic carbocycles. The molecule has 2 aliphatic heterocycles. The number of benzene rings is 1. The van der Waals surface area contributed by atoms with Crippen molar-refractivity contribution >= 4 is 23.4 Å². The molecule has 3 rings (SSSR count). The maximum Gasteiger partial charge on any atom is 0.227 e. The number of nitrogens with one attached hydrogen (secondary N) is 1. The highest BCUT2D eigenvalue weighted by molar-refractivity contribution is 5.91. The average molecular weight is 386 g/mol. The van der Waals surface area contributed by atoms with Crippen LogP contribution in [-0.2, 0) is 20.8 Å². The lowest BCUT2D eigenvalue weighted by Gasteiger charge is -2.42. The first-order valence-electron chi connectivity index (χ1n) is 10.1. The maximum absolute atomic E-state index is 13.2. The molecule has 1 N–H and O–H groups in total. The standard InChI is InChI=1S/C21H30N4O3/c1-16(26)22-20-8-4-3-7-18(20)13-21(28)25-12-11-24(17(2)27)15-19(25)14-23-9-5-6-10-23/h3-4,7-8,19H,5-6,9-15H2,1-2H3,(H,22,26). The van der Waals surface area contributed by atoms with Gasteiger partial charge in [-0.1, -0.05) is 18.2 Å². The predicted molar refractivity (Wildman–Crippen MR) is 108 cm³/mol. The van der Waals surface area contributed by atoms with Crippen molar-refractivity contribution < 1.29 is 14.4 Å². The molecule has 1 aromatic carbocycles. The summed E-state index contributed by atoms with van der Waals surface area (Å²) in [4.78, 5) is 42.6. The van der Waals surface area contributed by atoms with Crippen molar-refractivity contribution in [1.29, 1.82) is 0 Å². The van der Waals surface area contributed by atoms with E-state index in [-0.39, 0.29) is 30.2 Å². The number of para-hydroxylation sites is 1. The van der Waals surface area contributed by atoms with Crippen LogP contribution in [0.1, 0.15) is 32.3 Å². The Kier molecular flexibility index (Phi) is 6.67. The minimum atomic E-state index is -0.151. The Bertz CT molecular complexity index is 730. The third-order valence-corrected chi connectivity index (χ3v) is 5.59. The van der Waals surface area contributed by atoms with Crippen LogP contribution in [-0.4, -0.2) is 77.7 Å². The lowest BCUT2D eigenvalue weighted by Crippen LogP contribution is -2.59. The van der Waals surface area contributed by atoms with E-state index < -0.39 is 0 Å². The molecule has 2 aliphatic rings. The molecule has 28 heavy (non-hydrogen) atoms. The molecule has 1 unspecified atom stereocenters. The second-order valence-electron chi connectivity index (χ2n) is 7.73. The van der Waals surface area contributed by atoms with Crippen LogP contribution in [0.5, 0.6) is 0 Å². The lowest BCUT2D eigenvalue weighted by molar-refractivity contribution is -0.142. The van der Waals surface area contributed by atoms with Crippen LogP contribution in [0.3, 0.4) is 0 Å². The number of carbonyl (C=O) groups excluding carboxylic acids is 3. The Labute approximate surface area is 166 Å². The summed E-state index contributed by atoms with van der Waals surface area (Å²) < 4.78 is 0. The quantitative estimate of drug-likeness (QED) is 0.829. The summed E-state index contributed by atoms with van der Waals surface area (Å²) in [5.41, 5.74) is 1.50. The van der Waals surface area contributed by atoms with Crippen molar-refractivity contribution in [2.45, 2.75) is 39.2 Å². The van der Waals surface area contributed by atoms with Gasteiger partial charge in [0.25, 0.3) is 0 Å². The Morgan fingerprint density at radius 3 is 2.43 bits per heavy atom. The van der Waals surface area contributed by atoms with Crippen molar-refractivity contribution in [2.75, 3.05) is 44.6 Å². The number of carbonyl (C=O) groups is 3. The third kappa shape index (κ3) is 5.10. The molecule has 3 amide bonds. The van der Waals surface area contributed by atoms with Gasteiger partial charge in [0.1, 0.15) is 0 Å². The van der Waals surface area contributed by atoms with Gasteiger partial charge in [0, 0.05) is 45.7 Å². The molecule has 0 radical (unpaired) electrons. The zero-order valence-corrected chi connectivity index (χ0v) is 16.8. The minimum absolute atomic E-state index is 0.0104. The van der Waals surface area contributed by atoms with E-state index in [1.54, 1.807) is 6.92 Å². The van der Waals surface area contributed by atoms with Crippen molar-refractivity contribution in [3.8, 4) is 0 Å². The Morgan fingerprint density at radius 2 is 1.75 bits per heavy atom. The van der Waals surface area contributed by atoms with Gasteiger partial charge in [0.15, 0.2) is 0 Å². The first-order chi connectivity index (χ1) is 13.4. The van der Waals surface area contributed by atoms with Gasteiger partial charge in [0.2, 0.25) is 17.7 Å². The largest absolute Gasteiger partial charge is 0.339 e. The van der Waals surface area contributed by atoms with Gasteiger partial charge in [-0.05, 0) is 37.6 Å². The Hall–Kier alpha value is -2.41. The molecule has 7 nitrogen and oxygen atoms in total. The normalized spacial score (nSPS) is 20.3. The summed E-state index contributed by atoms with van der Waals surface area (Å²) in [7, 11) is 0. The van der Waals surface area contributed by atoms with Gasteiger partial charge in [-0.15, -0.1) is 0 Å². The molecule has 152 valence electrons. The van der Waals surface area contributed by atoms with Gasteiger partial charge in [-0.2, -0.15) is 0 Å². The van der Waals surface area contributed by atoms with E-state index in [9.17, 15) is 14.4 Å². The first-order valence-corrected chi connectivity index (χ1v) is 10.1. The van der Waals surface area contributed by atoms with Gasteiger partial charge < -0.3 is 20.0 Å². The summed E-state index contributed by atoms with van der Waals surface area (Å²) in [5, 5.41) is 2.80. The first kappa shape index (κ1) is 20.3. The summed E-state index contributed by atoms with van der Waals surface area (Å²) in [5.74, 6) is -0.0402. The monoisotopic (exact) mass is 386 g/mol. The summed E-state index contributed by atoms with van der Waals surface area (Å²) in [6.45, 7) is 7.70. The van der Waals surface area contributed by atoms with Crippen LogP contribution in [0.2, 0.25) is 0 Å². The molecular weight excluding hydrogens is 356 g/mol. The molecule has 2 heterocycles. The van der Waals surface area contributed by atoms with E-state index in [2.05, 4.69) is 10.2 Å². The van der Waals surface area contributed by atoms with E-state index in [4.69, 9.17) is 0 Å². The molecule has 1 atom stereocenters. The highest BCUT2D eigenvalue weighted by Crippen LogP contribution is 2.20. The number of likely N-dealkylation sites (tertiary alicyclic amines) is 1. The molecule has 7 heteroatoms. The SMILES string of the molecule is CC(=O)Nc1ccccc1CC(=O)N1CCN(C(C)=O)CC1CN1CCCC1. The molecule has 0 bridgehead atoms. The third-order valence-electron chi connectivity index (χ3n) is 5.59. The molecule has 2 saturated heterocycles. The van der Waals surface area contributed by atoms with Crippen molar-refractivity contribution in [2.24, 2.45) is 0 Å². The van der Waals surface area contributed by atoms with Crippen LogP contribution in [0.15, 0.2) is 24.3 Å². The van der Waals surface area contributed by atoms with Crippen LogP contribution >= 0.6 is 0 Å². The number of piperazine rings is 1. The molecule has 0 aromatic heterocycles. The highest BCUT2D eigenvalue weighted by atomic mass is 16.2. The van der Waals surface area contributed by atoms with Crippen LogP contribution in [0, 0.1) is 0 Å². The molecule has 2 fully saturated rings. The molecule has 0 saturated carbocycles. The van der Waals surface area contributed by atoms with Gasteiger partial charge in [-0.25, -0.2) is 0 Å². The van der Waals surface area contributed by atoms with E-state index in [0.717, 1.165) is 25.2 Å². The fraction of sp³-hybridized carbons (Fsp3) is 0.571. The molecule has 0 spiro atoms. The fourth-order valence-electron chi connectivity index (χ4n) is 4.14. The van der Waals surface area contributed by atoms with Crippen LogP contribution in [0.4, 0.5) is 5.69 Å². The van der Waals surface area contributed by atoms with E-state index >= 15 is 0 Å². The highest BCUT2D eigenvalue weighted by Gasteiger charge is 2.33. The average Bonchev–Trinajstić information content (AvgIpc) is 3.15. The maximum atomic E-state index is 13.2. The number of hydrogen-bond acceptors (Lipinski definition) is 4. The smallest absolute Gasteiger partial charge is 0.227 e. The van der Waals surface area contributed by atoms with Gasteiger partial charge >= 0.3 is 0 Å². The molecular formula is C21H30N4O3. The minimum Gasteiger partial charge on any atom is -0.339 e. The summed E-state index contributed by atoms with van der Waals surface area (Å²) >= 11 is 0. The van der Waals surface area contributed by atoms with Crippen LogP contribution in [0.25, 0.3) is 0 Å². The fourth-order valence-corrected chi connectivity index (χ4v) is 4.14. The van der Waals surface area contributed by atoms with E-state index in [0.29, 0.717) is 25.3 Å². The summed E-state index contributed by atoms with van der Waals surface area (Å²) in [6, 6.07) is 7.44. The Morgan fingerprint density at radius 1 is 1.04 bits per heavy atom. The second-order valence-corrected chi connectivity index (χ2v) is 7.73. The van der Waals surface area contributed by atoms with Crippen molar-refractivity contribution in [3.63, 3.8) is 0 Å². The predicted octanol–water partition coefficient (Wildman–Crippen LogP) is 1.34. The van der Waals surface area contributed by atoms with Crippen molar-refractivity contribution in [1.82, 2.24) is 14.7 Å².